The molecular formula is C11H11NO2S. The lowest BCUT2D eigenvalue weighted by Crippen LogP contribution is -2.31. The van der Waals surface area contributed by atoms with E-state index >= 15 is 0 Å². The van der Waals surface area contributed by atoms with Crippen LogP contribution < -0.4 is 4.74 Å². The third-order valence-corrected chi connectivity index (χ3v) is 3.40. The second-order valence-electron chi connectivity index (χ2n) is 3.29. The number of thioether (sulfide) groups is 1. The molecule has 15 heavy (non-hydrogen) atoms. The first kappa shape index (κ1) is 10.3. The molecule has 1 aromatic carbocycles. The summed E-state index contributed by atoms with van der Waals surface area (Å²) in [6, 6.07) is 7.67. The SMILES string of the molecule is O=C=NCc1ccccc1OC1CSC1. The molecule has 0 saturated carbocycles. The van der Waals surface area contributed by atoms with Crippen molar-refractivity contribution in [2.24, 2.45) is 4.99 Å². The Kier molecular flexibility index (Phi) is 3.43. The average molecular weight is 221 g/mol. The molecule has 1 aromatic rings. The molecule has 0 radical (unpaired) electrons. The minimum Gasteiger partial charge on any atom is -0.488 e. The Balaban J connectivity index is 2.09. The first-order chi connectivity index (χ1) is 7.40. The number of rotatable bonds is 4. The minimum absolute atomic E-state index is 0.316. The molecule has 1 aliphatic rings. The highest BCUT2D eigenvalue weighted by atomic mass is 32.2. The third kappa shape index (κ3) is 2.61. The predicted molar refractivity (Wildman–Crippen MR) is 60.0 cm³/mol. The van der Waals surface area contributed by atoms with Crippen LogP contribution in [0.2, 0.25) is 0 Å². The van der Waals surface area contributed by atoms with Gasteiger partial charge in [-0.25, -0.2) is 9.79 Å². The quantitative estimate of drug-likeness (QED) is 0.576. The van der Waals surface area contributed by atoms with E-state index in [2.05, 4.69) is 4.99 Å². The van der Waals surface area contributed by atoms with Gasteiger partial charge in [-0.05, 0) is 6.07 Å². The molecule has 1 saturated heterocycles. The molecule has 1 heterocycles. The van der Waals surface area contributed by atoms with Crippen molar-refractivity contribution in [2.45, 2.75) is 12.6 Å². The van der Waals surface area contributed by atoms with Crippen LogP contribution in [0.1, 0.15) is 5.56 Å². The van der Waals surface area contributed by atoms with Crippen molar-refractivity contribution in [3.05, 3.63) is 29.8 Å². The highest BCUT2D eigenvalue weighted by molar-refractivity contribution is 8.00. The second-order valence-corrected chi connectivity index (χ2v) is 4.37. The number of hydrogen-bond acceptors (Lipinski definition) is 4. The minimum atomic E-state index is 0.316. The summed E-state index contributed by atoms with van der Waals surface area (Å²) in [6.07, 6.45) is 1.86. The van der Waals surface area contributed by atoms with Crippen LogP contribution in [0.5, 0.6) is 5.75 Å². The largest absolute Gasteiger partial charge is 0.488 e. The van der Waals surface area contributed by atoms with Gasteiger partial charge in [0, 0.05) is 17.1 Å². The first-order valence-corrected chi connectivity index (χ1v) is 5.91. The van der Waals surface area contributed by atoms with E-state index in [9.17, 15) is 4.79 Å². The average Bonchev–Trinajstić information content (AvgIpc) is 2.22. The fraction of sp³-hybridized carbons (Fsp3) is 0.364. The monoisotopic (exact) mass is 221 g/mol. The van der Waals surface area contributed by atoms with Crippen molar-refractivity contribution in [1.29, 1.82) is 0 Å². The molecule has 0 unspecified atom stereocenters. The van der Waals surface area contributed by atoms with E-state index in [1.165, 1.54) is 0 Å². The molecule has 0 spiro atoms. The number of hydrogen-bond donors (Lipinski definition) is 0. The summed E-state index contributed by atoms with van der Waals surface area (Å²) in [5.41, 5.74) is 0.942. The van der Waals surface area contributed by atoms with Crippen molar-refractivity contribution in [1.82, 2.24) is 0 Å². The Labute approximate surface area is 92.5 Å². The van der Waals surface area contributed by atoms with Gasteiger partial charge in [-0.15, -0.1) is 0 Å². The van der Waals surface area contributed by atoms with Crippen LogP contribution in [0, 0.1) is 0 Å². The van der Waals surface area contributed by atoms with Gasteiger partial charge < -0.3 is 4.74 Å². The molecule has 0 aliphatic carbocycles. The molecule has 78 valence electrons. The lowest BCUT2D eigenvalue weighted by atomic mass is 10.2. The zero-order valence-electron chi connectivity index (χ0n) is 8.18. The van der Waals surface area contributed by atoms with Gasteiger partial charge in [0.1, 0.15) is 11.9 Å². The first-order valence-electron chi connectivity index (χ1n) is 4.76. The number of ether oxygens (including phenoxy) is 1. The number of nitrogens with zero attached hydrogens (tertiary/aromatic N) is 1. The Morgan fingerprint density at radius 3 is 2.93 bits per heavy atom. The molecule has 1 aliphatic heterocycles. The van der Waals surface area contributed by atoms with E-state index in [0.717, 1.165) is 22.8 Å². The molecule has 1 fully saturated rings. The summed E-state index contributed by atoms with van der Waals surface area (Å²) in [4.78, 5) is 13.6. The Morgan fingerprint density at radius 2 is 2.27 bits per heavy atom. The number of aliphatic imine (C=N–C) groups is 1. The van der Waals surface area contributed by atoms with Gasteiger partial charge in [-0.1, -0.05) is 18.2 Å². The molecule has 2 rings (SSSR count). The predicted octanol–water partition coefficient (Wildman–Crippen LogP) is 2.02. The molecule has 0 aromatic heterocycles. The lowest BCUT2D eigenvalue weighted by Gasteiger charge is -2.26. The van der Waals surface area contributed by atoms with Crippen molar-refractivity contribution in [2.75, 3.05) is 11.5 Å². The zero-order chi connectivity index (χ0) is 10.5. The summed E-state index contributed by atoms with van der Waals surface area (Å²) in [5.74, 6) is 2.93. The highest BCUT2D eigenvalue weighted by Gasteiger charge is 2.20. The van der Waals surface area contributed by atoms with Crippen molar-refractivity contribution in [3.8, 4) is 5.75 Å². The van der Waals surface area contributed by atoms with Crippen LogP contribution in [0.4, 0.5) is 0 Å². The second kappa shape index (κ2) is 5.01. The Morgan fingerprint density at radius 1 is 1.47 bits per heavy atom. The van der Waals surface area contributed by atoms with E-state index in [1.54, 1.807) is 6.08 Å². The summed E-state index contributed by atoms with van der Waals surface area (Å²) < 4.78 is 5.77. The Bertz CT molecular complexity index is 384. The van der Waals surface area contributed by atoms with Gasteiger partial charge in [-0.3, -0.25) is 0 Å². The molecule has 4 heteroatoms. The number of benzene rings is 1. The number of isocyanates is 1. The number of carbonyl (C=O) groups excluding carboxylic acids is 1. The maximum absolute atomic E-state index is 10.0. The van der Waals surface area contributed by atoms with Crippen molar-refractivity contribution in [3.63, 3.8) is 0 Å². The standard InChI is InChI=1S/C11H11NO2S/c13-8-12-5-9-3-1-2-4-11(9)14-10-6-15-7-10/h1-4,10H,5-7H2. The van der Waals surface area contributed by atoms with Crippen molar-refractivity contribution < 1.29 is 9.53 Å². The van der Waals surface area contributed by atoms with Gasteiger partial charge in [0.25, 0.3) is 0 Å². The highest BCUT2D eigenvalue weighted by Crippen LogP contribution is 2.26. The van der Waals surface area contributed by atoms with E-state index in [0.29, 0.717) is 12.6 Å². The van der Waals surface area contributed by atoms with Gasteiger partial charge in [-0.2, -0.15) is 11.8 Å². The van der Waals surface area contributed by atoms with Gasteiger partial charge >= 0.3 is 0 Å². The fourth-order valence-electron chi connectivity index (χ4n) is 1.33. The maximum atomic E-state index is 10.0. The molecular weight excluding hydrogens is 210 g/mol. The van der Waals surface area contributed by atoms with Crippen LogP contribution in [-0.4, -0.2) is 23.7 Å². The van der Waals surface area contributed by atoms with Gasteiger partial charge in [0.15, 0.2) is 0 Å². The molecule has 3 nitrogen and oxygen atoms in total. The van der Waals surface area contributed by atoms with Crippen molar-refractivity contribution >= 4 is 17.8 Å². The lowest BCUT2D eigenvalue weighted by molar-refractivity contribution is 0.238. The van der Waals surface area contributed by atoms with E-state index in [-0.39, 0.29) is 0 Å². The Hall–Kier alpha value is -1.25. The van der Waals surface area contributed by atoms with Gasteiger partial charge in [0.05, 0.1) is 6.54 Å². The van der Waals surface area contributed by atoms with Gasteiger partial charge in [0.2, 0.25) is 6.08 Å². The molecule has 0 bridgehead atoms. The van der Waals surface area contributed by atoms with Crippen LogP contribution in [0.15, 0.2) is 29.3 Å². The summed E-state index contributed by atoms with van der Waals surface area (Å²) in [7, 11) is 0. The smallest absolute Gasteiger partial charge is 0.235 e. The topological polar surface area (TPSA) is 38.7 Å². The van der Waals surface area contributed by atoms with E-state index in [1.807, 2.05) is 36.0 Å². The van der Waals surface area contributed by atoms with E-state index < -0.39 is 0 Å². The fourth-order valence-corrected chi connectivity index (χ4v) is 1.89. The molecule has 0 N–H and O–H groups in total. The van der Waals surface area contributed by atoms with Crippen LogP contribution in [-0.2, 0) is 11.3 Å². The van der Waals surface area contributed by atoms with Crippen LogP contribution >= 0.6 is 11.8 Å². The summed E-state index contributed by atoms with van der Waals surface area (Å²) in [6.45, 7) is 0.347. The summed E-state index contributed by atoms with van der Waals surface area (Å²) in [5, 5.41) is 0. The van der Waals surface area contributed by atoms with E-state index in [4.69, 9.17) is 4.74 Å². The molecule has 0 atom stereocenters. The van der Waals surface area contributed by atoms with Crippen LogP contribution in [0.3, 0.4) is 0 Å². The number of para-hydroxylation sites is 1. The maximum Gasteiger partial charge on any atom is 0.235 e. The third-order valence-electron chi connectivity index (χ3n) is 2.19. The zero-order valence-corrected chi connectivity index (χ0v) is 9.00. The van der Waals surface area contributed by atoms with Crippen LogP contribution in [0.25, 0.3) is 0 Å². The summed E-state index contributed by atoms with van der Waals surface area (Å²) >= 11 is 1.88. The molecule has 0 amide bonds. The normalized spacial score (nSPS) is 15.2.